The molecule has 5 aromatic rings. The van der Waals surface area contributed by atoms with Gasteiger partial charge >= 0.3 is 0 Å². The van der Waals surface area contributed by atoms with E-state index in [2.05, 4.69) is 50.3 Å². The van der Waals surface area contributed by atoms with E-state index in [0.717, 1.165) is 27.2 Å². The smallest absolute Gasteiger partial charge is 0.171 e. The first-order chi connectivity index (χ1) is 12.9. The van der Waals surface area contributed by atoms with E-state index in [1.165, 1.54) is 6.33 Å². The molecule has 0 atom stereocenters. The van der Waals surface area contributed by atoms with Crippen LogP contribution in [0.2, 0.25) is 0 Å². The predicted octanol–water partition coefficient (Wildman–Crippen LogP) is 3.98. The number of nitrogens with one attached hydrogen (secondary N) is 1. The van der Waals surface area contributed by atoms with Crippen LogP contribution in [0.15, 0.2) is 66.3 Å². The Bertz CT molecular complexity index is 1220. The van der Waals surface area contributed by atoms with Gasteiger partial charge in [0.2, 0.25) is 0 Å². The van der Waals surface area contributed by atoms with Crippen LogP contribution < -0.4 is 11.3 Å². The normalized spacial score (nSPS) is 11.3. The van der Waals surface area contributed by atoms with Crippen LogP contribution in [0.1, 0.15) is 0 Å². The molecule has 6 nitrogen and oxygen atoms in total. The summed E-state index contributed by atoms with van der Waals surface area (Å²) in [5, 5.41) is 4.33. The maximum atomic E-state index is 5.64. The highest BCUT2D eigenvalue weighted by Crippen LogP contribution is 2.34. The summed E-state index contributed by atoms with van der Waals surface area (Å²) in [5.74, 6) is 6.97. The van der Waals surface area contributed by atoms with Crippen molar-refractivity contribution in [3.63, 3.8) is 0 Å². The van der Waals surface area contributed by atoms with Crippen LogP contribution in [0.25, 0.3) is 38.3 Å². The summed E-state index contributed by atoms with van der Waals surface area (Å²) in [5.41, 5.74) is 5.00. The molecule has 5 rings (SSSR count). The number of thiophene rings is 1. The first-order valence-electron chi connectivity index (χ1n) is 8.09. The Morgan fingerprint density at radius 1 is 0.962 bits per heavy atom. The van der Waals surface area contributed by atoms with Gasteiger partial charge < -0.3 is 5.43 Å². The summed E-state index contributed by atoms with van der Waals surface area (Å²) in [6.45, 7) is 0. The standard InChI is InChI=1S/C19H14N6S/c20-24-17-16-19(22-11-21-17)25(18(23-16)15-9-4-10-26-15)14-8-3-6-12-5-1-2-7-13(12)14/h1-11H,20H2,(H,21,22,24). The number of fused-ring (bicyclic) bond motifs is 2. The maximum absolute atomic E-state index is 5.64. The van der Waals surface area contributed by atoms with Gasteiger partial charge in [-0.15, -0.1) is 11.3 Å². The van der Waals surface area contributed by atoms with Gasteiger partial charge in [-0.25, -0.2) is 20.8 Å². The average Bonchev–Trinajstić information content (AvgIpc) is 3.34. The molecule has 3 aromatic heterocycles. The lowest BCUT2D eigenvalue weighted by molar-refractivity contribution is 1.08. The fourth-order valence-electron chi connectivity index (χ4n) is 3.20. The molecule has 126 valence electrons. The highest BCUT2D eigenvalue weighted by Gasteiger charge is 2.20. The number of imidazole rings is 1. The average molecular weight is 358 g/mol. The Balaban J connectivity index is 1.94. The minimum atomic E-state index is 0.506. The minimum absolute atomic E-state index is 0.506. The number of benzene rings is 2. The lowest BCUT2D eigenvalue weighted by Gasteiger charge is -2.11. The number of nitrogens with two attached hydrogens (primary N) is 1. The molecule has 0 fully saturated rings. The van der Waals surface area contributed by atoms with Gasteiger partial charge in [0.1, 0.15) is 6.33 Å². The van der Waals surface area contributed by atoms with Crippen LogP contribution in [0.5, 0.6) is 0 Å². The van der Waals surface area contributed by atoms with Gasteiger partial charge in [0.25, 0.3) is 0 Å². The summed E-state index contributed by atoms with van der Waals surface area (Å²) >= 11 is 1.64. The van der Waals surface area contributed by atoms with Crippen molar-refractivity contribution in [1.29, 1.82) is 0 Å². The number of hydrazine groups is 1. The Labute approximate surface area is 152 Å². The van der Waals surface area contributed by atoms with Gasteiger partial charge in [0, 0.05) is 5.39 Å². The number of nitrogen functional groups attached to an aromatic ring is 1. The Kier molecular flexibility index (Phi) is 3.41. The summed E-state index contributed by atoms with van der Waals surface area (Å²) in [4.78, 5) is 14.6. The van der Waals surface area contributed by atoms with E-state index in [-0.39, 0.29) is 0 Å². The lowest BCUT2D eigenvalue weighted by atomic mass is 10.1. The van der Waals surface area contributed by atoms with Crippen molar-refractivity contribution in [2.75, 3.05) is 5.43 Å². The molecule has 0 bridgehead atoms. The van der Waals surface area contributed by atoms with E-state index in [1.807, 2.05) is 29.6 Å². The predicted molar refractivity (Wildman–Crippen MR) is 105 cm³/mol. The van der Waals surface area contributed by atoms with Crippen LogP contribution in [0.3, 0.4) is 0 Å². The molecule has 0 aliphatic heterocycles. The fraction of sp³-hybridized carbons (Fsp3) is 0. The quantitative estimate of drug-likeness (QED) is 0.376. The van der Waals surface area contributed by atoms with E-state index in [0.29, 0.717) is 17.0 Å². The molecule has 3 heterocycles. The Morgan fingerprint density at radius 2 is 1.85 bits per heavy atom. The van der Waals surface area contributed by atoms with Crippen molar-refractivity contribution in [2.24, 2.45) is 5.84 Å². The van der Waals surface area contributed by atoms with Gasteiger partial charge in [0.15, 0.2) is 22.8 Å². The molecule has 0 aliphatic carbocycles. The first kappa shape index (κ1) is 15.0. The molecule has 0 aliphatic rings. The van der Waals surface area contributed by atoms with Crippen LogP contribution >= 0.6 is 11.3 Å². The fourth-order valence-corrected chi connectivity index (χ4v) is 3.90. The van der Waals surface area contributed by atoms with E-state index >= 15 is 0 Å². The first-order valence-corrected chi connectivity index (χ1v) is 8.97. The van der Waals surface area contributed by atoms with E-state index in [1.54, 1.807) is 11.3 Å². The topological polar surface area (TPSA) is 81.7 Å². The van der Waals surface area contributed by atoms with Crippen molar-refractivity contribution >= 4 is 39.1 Å². The monoisotopic (exact) mass is 358 g/mol. The number of rotatable bonds is 3. The zero-order valence-electron chi connectivity index (χ0n) is 13.6. The molecular formula is C19H14N6S. The van der Waals surface area contributed by atoms with Gasteiger partial charge in [-0.1, -0.05) is 42.5 Å². The van der Waals surface area contributed by atoms with Crippen LogP contribution in [0.4, 0.5) is 5.82 Å². The highest BCUT2D eigenvalue weighted by atomic mass is 32.1. The Hall–Kier alpha value is -3.29. The maximum Gasteiger partial charge on any atom is 0.171 e. The molecule has 0 amide bonds. The molecule has 0 radical (unpaired) electrons. The molecular weight excluding hydrogens is 344 g/mol. The zero-order valence-corrected chi connectivity index (χ0v) is 14.4. The van der Waals surface area contributed by atoms with Crippen molar-refractivity contribution in [3.8, 4) is 16.4 Å². The van der Waals surface area contributed by atoms with Crippen molar-refractivity contribution < 1.29 is 0 Å². The van der Waals surface area contributed by atoms with Gasteiger partial charge in [-0.05, 0) is 22.9 Å². The SMILES string of the molecule is NNc1ncnc2c1nc(-c1cccs1)n2-c1cccc2ccccc12. The lowest BCUT2D eigenvalue weighted by Crippen LogP contribution is -2.09. The van der Waals surface area contributed by atoms with Gasteiger partial charge in [0.05, 0.1) is 10.6 Å². The second kappa shape index (κ2) is 5.91. The summed E-state index contributed by atoms with van der Waals surface area (Å²) in [6, 6.07) is 18.6. The van der Waals surface area contributed by atoms with Gasteiger partial charge in [-0.3, -0.25) is 4.57 Å². The Morgan fingerprint density at radius 3 is 2.69 bits per heavy atom. The van der Waals surface area contributed by atoms with Crippen LogP contribution in [-0.4, -0.2) is 19.5 Å². The van der Waals surface area contributed by atoms with Crippen LogP contribution in [0, 0.1) is 0 Å². The molecule has 0 spiro atoms. The third kappa shape index (κ3) is 2.18. The molecule has 0 unspecified atom stereocenters. The minimum Gasteiger partial charge on any atom is -0.306 e. The summed E-state index contributed by atoms with van der Waals surface area (Å²) < 4.78 is 2.08. The third-order valence-electron chi connectivity index (χ3n) is 4.33. The molecule has 7 heteroatoms. The second-order valence-corrected chi connectivity index (χ2v) is 6.73. The number of hydrogen-bond donors (Lipinski definition) is 2. The third-order valence-corrected chi connectivity index (χ3v) is 5.20. The molecule has 0 saturated carbocycles. The van der Waals surface area contributed by atoms with Crippen molar-refractivity contribution in [3.05, 3.63) is 66.3 Å². The number of nitrogens with zero attached hydrogens (tertiary/aromatic N) is 4. The zero-order chi connectivity index (χ0) is 17.5. The number of anilines is 1. The number of aromatic nitrogens is 4. The summed E-state index contributed by atoms with van der Waals surface area (Å²) in [7, 11) is 0. The molecule has 3 N–H and O–H groups in total. The summed E-state index contributed by atoms with van der Waals surface area (Å²) in [6.07, 6.45) is 1.50. The molecule has 0 saturated heterocycles. The largest absolute Gasteiger partial charge is 0.306 e. The van der Waals surface area contributed by atoms with Crippen LogP contribution in [-0.2, 0) is 0 Å². The second-order valence-electron chi connectivity index (χ2n) is 5.79. The molecule has 26 heavy (non-hydrogen) atoms. The van der Waals surface area contributed by atoms with E-state index in [4.69, 9.17) is 10.8 Å². The van der Waals surface area contributed by atoms with Crippen molar-refractivity contribution in [1.82, 2.24) is 19.5 Å². The van der Waals surface area contributed by atoms with E-state index < -0.39 is 0 Å². The molecule has 2 aromatic carbocycles. The van der Waals surface area contributed by atoms with Crippen molar-refractivity contribution in [2.45, 2.75) is 0 Å². The van der Waals surface area contributed by atoms with E-state index in [9.17, 15) is 0 Å². The van der Waals surface area contributed by atoms with Gasteiger partial charge in [-0.2, -0.15) is 0 Å². The highest BCUT2D eigenvalue weighted by molar-refractivity contribution is 7.13. The number of hydrogen-bond acceptors (Lipinski definition) is 6.